The smallest absolute Gasteiger partial charge is 0.185 e. The lowest BCUT2D eigenvalue weighted by molar-refractivity contribution is -0.0106. The van der Waals surface area contributed by atoms with Crippen molar-refractivity contribution in [3.63, 3.8) is 0 Å². The Bertz CT molecular complexity index is 731. The molecule has 0 aromatic heterocycles. The van der Waals surface area contributed by atoms with Crippen molar-refractivity contribution in [2.75, 3.05) is 0 Å². The molecular weight excluding hydrogens is 404 g/mol. The van der Waals surface area contributed by atoms with Gasteiger partial charge < -0.3 is 9.53 Å². The average molecular weight is 447 g/mol. The van der Waals surface area contributed by atoms with E-state index in [9.17, 15) is 5.11 Å². The summed E-state index contributed by atoms with van der Waals surface area (Å²) in [4.78, 5) is 2.62. The van der Waals surface area contributed by atoms with Gasteiger partial charge in [-0.1, -0.05) is 61.4 Å². The van der Waals surface area contributed by atoms with Crippen LogP contribution in [-0.4, -0.2) is 25.1 Å². The van der Waals surface area contributed by atoms with Gasteiger partial charge in [0.1, 0.15) is 0 Å². The van der Waals surface area contributed by atoms with E-state index in [1.54, 1.807) is 0 Å². The number of rotatable bonds is 9. The van der Waals surface area contributed by atoms with Crippen LogP contribution in [0.3, 0.4) is 0 Å². The van der Waals surface area contributed by atoms with Crippen molar-refractivity contribution in [1.82, 2.24) is 0 Å². The van der Waals surface area contributed by atoms with Crippen LogP contribution < -0.4 is 0 Å². The first-order chi connectivity index (χ1) is 14.1. The lowest BCUT2D eigenvalue weighted by Gasteiger charge is -2.49. The maximum Gasteiger partial charge on any atom is 0.185 e. The predicted molar refractivity (Wildman–Crippen MR) is 134 cm³/mol. The van der Waals surface area contributed by atoms with Crippen molar-refractivity contribution in [3.05, 3.63) is 52.5 Å². The first-order valence-electron chi connectivity index (χ1n) is 11.5. The monoisotopic (exact) mass is 446 g/mol. The molecule has 0 aliphatic heterocycles. The van der Waals surface area contributed by atoms with E-state index in [1.165, 1.54) is 28.2 Å². The molecule has 2 nitrogen and oxygen atoms in total. The third-order valence-corrected chi connectivity index (χ3v) is 8.29. The Balaban J connectivity index is 2.49. The highest BCUT2D eigenvalue weighted by molar-refractivity contribution is 8.03. The van der Waals surface area contributed by atoms with Crippen LogP contribution in [0.2, 0.25) is 19.6 Å². The molecule has 2 rings (SSSR count). The highest BCUT2D eigenvalue weighted by atomic mass is 32.2. The van der Waals surface area contributed by atoms with Crippen LogP contribution in [0.25, 0.3) is 0 Å². The van der Waals surface area contributed by atoms with Gasteiger partial charge in [-0.15, -0.1) is 0 Å². The molecule has 1 saturated carbocycles. The van der Waals surface area contributed by atoms with E-state index < -0.39 is 14.4 Å². The molecule has 0 amide bonds. The lowest BCUT2D eigenvalue weighted by Crippen LogP contribution is -2.51. The Morgan fingerprint density at radius 2 is 1.87 bits per heavy atom. The molecule has 0 radical (unpaired) electrons. The van der Waals surface area contributed by atoms with Crippen LogP contribution in [0.4, 0.5) is 0 Å². The quantitative estimate of drug-likeness (QED) is 0.237. The van der Waals surface area contributed by atoms with Crippen LogP contribution in [0.1, 0.15) is 66.2 Å². The lowest BCUT2D eigenvalue weighted by atomic mass is 9.71. The van der Waals surface area contributed by atoms with E-state index in [4.69, 9.17) is 4.43 Å². The van der Waals surface area contributed by atoms with Gasteiger partial charge in [0, 0.05) is 9.80 Å². The van der Waals surface area contributed by atoms with Crippen LogP contribution >= 0.6 is 11.8 Å². The van der Waals surface area contributed by atoms with E-state index >= 15 is 0 Å². The maximum atomic E-state index is 11.0. The zero-order valence-corrected chi connectivity index (χ0v) is 21.9. The summed E-state index contributed by atoms with van der Waals surface area (Å²) in [6, 6.07) is 10.7. The summed E-state index contributed by atoms with van der Waals surface area (Å²) in [7, 11) is -1.82. The van der Waals surface area contributed by atoms with Gasteiger partial charge in [-0.2, -0.15) is 0 Å². The van der Waals surface area contributed by atoms with E-state index in [1.807, 2.05) is 11.8 Å². The molecule has 0 saturated heterocycles. The van der Waals surface area contributed by atoms with E-state index in [2.05, 4.69) is 83.7 Å². The van der Waals surface area contributed by atoms with Gasteiger partial charge in [0.25, 0.3) is 0 Å². The summed E-state index contributed by atoms with van der Waals surface area (Å²) in [5, 5.41) is 11.0. The molecule has 1 fully saturated rings. The second-order valence-corrected chi connectivity index (χ2v) is 15.4. The molecule has 30 heavy (non-hydrogen) atoms. The molecule has 4 heteroatoms. The number of hydrogen-bond donors (Lipinski definition) is 1. The van der Waals surface area contributed by atoms with Crippen molar-refractivity contribution >= 4 is 20.1 Å². The molecule has 1 aromatic rings. The summed E-state index contributed by atoms with van der Waals surface area (Å²) in [5.74, 6) is 0.330. The standard InChI is InChI=1S/C26H42O2SSi/c1-8-14-25(29-23-16-10-9-11-17-23)26(28-30(5,6)7)18-13-12-15-22(26)19-24(27)21(4)20(2)3/h9-11,14,16-17,22,24,27H,8,12-13,15,18-19H2,1-7H3/b25-14+/t22-,24?,26-/m1/s1. The van der Waals surface area contributed by atoms with Gasteiger partial charge in [-0.05, 0) is 89.7 Å². The van der Waals surface area contributed by atoms with Gasteiger partial charge in [-0.25, -0.2) is 0 Å². The molecule has 0 heterocycles. The third-order valence-electron chi connectivity index (χ3n) is 6.07. The highest BCUT2D eigenvalue weighted by Gasteiger charge is 2.48. The molecule has 3 atom stereocenters. The Morgan fingerprint density at radius 1 is 1.20 bits per heavy atom. The fourth-order valence-electron chi connectivity index (χ4n) is 4.46. The summed E-state index contributed by atoms with van der Waals surface area (Å²) in [6.07, 6.45) is 8.34. The number of allylic oxidation sites excluding steroid dienone is 2. The Hall–Kier alpha value is -0.813. The number of aliphatic hydroxyl groups is 1. The molecule has 1 unspecified atom stereocenters. The van der Waals surface area contributed by atoms with Crippen molar-refractivity contribution in [3.8, 4) is 0 Å². The molecule has 168 valence electrons. The van der Waals surface area contributed by atoms with Crippen LogP contribution in [0.15, 0.2) is 57.4 Å². The normalized spacial score (nSPS) is 23.9. The third kappa shape index (κ3) is 6.85. The van der Waals surface area contributed by atoms with E-state index in [-0.39, 0.29) is 5.60 Å². The van der Waals surface area contributed by atoms with Gasteiger partial charge in [0.15, 0.2) is 8.32 Å². The molecule has 0 spiro atoms. The molecule has 1 N–H and O–H groups in total. The second kappa shape index (κ2) is 11.2. The number of hydrogen-bond acceptors (Lipinski definition) is 3. The van der Waals surface area contributed by atoms with Gasteiger partial charge in [-0.3, -0.25) is 0 Å². The van der Waals surface area contributed by atoms with Gasteiger partial charge in [0.05, 0.1) is 11.7 Å². The van der Waals surface area contributed by atoms with E-state index in [0.29, 0.717) is 5.92 Å². The molecule has 1 aliphatic carbocycles. The van der Waals surface area contributed by atoms with E-state index in [0.717, 1.165) is 31.3 Å². The topological polar surface area (TPSA) is 29.5 Å². The zero-order chi connectivity index (χ0) is 22.4. The average Bonchev–Trinajstić information content (AvgIpc) is 2.68. The number of thioether (sulfide) groups is 1. The fraction of sp³-hybridized carbons (Fsp3) is 0.615. The van der Waals surface area contributed by atoms with Crippen molar-refractivity contribution in [1.29, 1.82) is 0 Å². The Labute approximate surface area is 190 Å². The van der Waals surface area contributed by atoms with Crippen LogP contribution in [-0.2, 0) is 4.43 Å². The summed E-state index contributed by atoms with van der Waals surface area (Å²) < 4.78 is 7.13. The fourth-order valence-corrected chi connectivity index (χ4v) is 7.29. The van der Waals surface area contributed by atoms with Crippen LogP contribution in [0.5, 0.6) is 0 Å². The van der Waals surface area contributed by atoms with Gasteiger partial charge >= 0.3 is 0 Å². The molecule has 1 aromatic carbocycles. The Kier molecular flexibility index (Phi) is 9.48. The minimum atomic E-state index is -1.82. The maximum absolute atomic E-state index is 11.0. The van der Waals surface area contributed by atoms with Crippen molar-refractivity contribution in [2.45, 2.75) is 102 Å². The Morgan fingerprint density at radius 3 is 2.43 bits per heavy atom. The first kappa shape index (κ1) is 25.4. The zero-order valence-electron chi connectivity index (χ0n) is 20.1. The van der Waals surface area contributed by atoms with Crippen LogP contribution in [0, 0.1) is 5.92 Å². The molecule has 1 aliphatic rings. The van der Waals surface area contributed by atoms with Crippen molar-refractivity contribution < 1.29 is 9.53 Å². The van der Waals surface area contributed by atoms with Gasteiger partial charge in [0.2, 0.25) is 0 Å². The first-order valence-corrected chi connectivity index (χ1v) is 15.8. The highest BCUT2D eigenvalue weighted by Crippen LogP contribution is 2.51. The minimum absolute atomic E-state index is 0.290. The number of aliphatic hydroxyl groups excluding tert-OH is 1. The largest absolute Gasteiger partial charge is 0.407 e. The number of benzene rings is 1. The second-order valence-electron chi connectivity index (χ2n) is 9.87. The summed E-state index contributed by atoms with van der Waals surface area (Å²) in [5.41, 5.74) is 2.04. The summed E-state index contributed by atoms with van der Waals surface area (Å²) in [6.45, 7) is 15.4. The molecular formula is C26H42O2SSi. The predicted octanol–water partition coefficient (Wildman–Crippen LogP) is 7.96. The minimum Gasteiger partial charge on any atom is -0.407 e. The SMILES string of the molecule is CC/C=C(/Sc1ccccc1)[C@@]1(O[Si](C)(C)C)CCCC[C@@H]1CC(O)C(C)=C(C)C. The summed E-state index contributed by atoms with van der Waals surface area (Å²) >= 11 is 1.87. The van der Waals surface area contributed by atoms with Crippen molar-refractivity contribution in [2.24, 2.45) is 5.92 Å². The molecule has 0 bridgehead atoms.